The topological polar surface area (TPSA) is 78.9 Å². The fraction of sp³-hybridized carbons (Fsp3) is 0.805. The van der Waals surface area contributed by atoms with Gasteiger partial charge in [-0.25, -0.2) is 0 Å². The molecule has 0 saturated heterocycles. The Hall–Kier alpha value is -3.15. The van der Waals surface area contributed by atoms with Crippen LogP contribution >= 0.6 is 0 Å². The number of esters is 3. The van der Waals surface area contributed by atoms with Crippen molar-refractivity contribution >= 4 is 17.9 Å². The minimum atomic E-state index is -0.795. The summed E-state index contributed by atoms with van der Waals surface area (Å²) < 4.78 is 16.9. The minimum Gasteiger partial charge on any atom is -0.462 e. The van der Waals surface area contributed by atoms with Crippen LogP contribution in [-0.4, -0.2) is 37.2 Å². The van der Waals surface area contributed by atoms with Gasteiger partial charge in [-0.05, 0) is 109 Å². The molecule has 0 N–H and O–H groups in total. The Labute approximate surface area is 516 Å². The average molecular weight is 1160 g/mol. The average Bonchev–Trinajstić information content (AvgIpc) is 3.49. The molecule has 6 nitrogen and oxygen atoms in total. The van der Waals surface area contributed by atoms with Crippen molar-refractivity contribution in [2.24, 2.45) is 0 Å². The zero-order valence-corrected chi connectivity index (χ0v) is 55.5. The first kappa shape index (κ1) is 79.8. The van der Waals surface area contributed by atoms with E-state index in [-0.39, 0.29) is 31.1 Å². The Morgan fingerprint density at radius 1 is 0.253 bits per heavy atom. The predicted molar refractivity (Wildman–Crippen MR) is 362 cm³/mol. The molecule has 0 aliphatic heterocycles. The molecule has 0 aliphatic rings. The molecule has 6 heteroatoms. The molecule has 0 saturated carbocycles. The van der Waals surface area contributed by atoms with Gasteiger partial charge in [-0.2, -0.15) is 0 Å². The zero-order chi connectivity index (χ0) is 59.9. The number of carbonyl (C=O) groups is 3. The first-order valence-corrected chi connectivity index (χ1v) is 36.4. The van der Waals surface area contributed by atoms with Crippen LogP contribution in [0.3, 0.4) is 0 Å². The van der Waals surface area contributed by atoms with Crippen molar-refractivity contribution in [3.05, 3.63) is 72.9 Å². The number of unbranched alkanes of at least 4 members (excludes halogenated alkanes) is 44. The summed E-state index contributed by atoms with van der Waals surface area (Å²) in [5.74, 6) is -0.915. The summed E-state index contributed by atoms with van der Waals surface area (Å²) in [5.41, 5.74) is 0. The Balaban J connectivity index is 4.18. The van der Waals surface area contributed by atoms with Gasteiger partial charge in [-0.15, -0.1) is 0 Å². The van der Waals surface area contributed by atoms with Crippen molar-refractivity contribution < 1.29 is 28.6 Å². The van der Waals surface area contributed by atoms with Crippen LogP contribution in [0.25, 0.3) is 0 Å². The van der Waals surface area contributed by atoms with Crippen molar-refractivity contribution in [3.8, 4) is 0 Å². The second kappa shape index (κ2) is 71.3. The number of ether oxygens (including phenoxy) is 3. The van der Waals surface area contributed by atoms with E-state index < -0.39 is 6.10 Å². The Morgan fingerprint density at radius 2 is 0.470 bits per heavy atom. The summed E-state index contributed by atoms with van der Waals surface area (Å²) in [7, 11) is 0. The van der Waals surface area contributed by atoms with Crippen LogP contribution in [0.4, 0.5) is 0 Å². The van der Waals surface area contributed by atoms with Gasteiger partial charge in [0.05, 0.1) is 0 Å². The van der Waals surface area contributed by atoms with Crippen molar-refractivity contribution in [1.82, 2.24) is 0 Å². The van der Waals surface area contributed by atoms with Gasteiger partial charge in [0.15, 0.2) is 6.10 Å². The highest BCUT2D eigenvalue weighted by Crippen LogP contribution is 2.18. The molecule has 0 aromatic carbocycles. The standard InChI is InChI=1S/C77H138O6/c1-4-7-10-13-16-19-22-25-28-30-31-32-33-34-35-36-37-38-39-40-41-42-43-44-45-47-49-52-55-58-61-64-67-70-76(79)82-73-74(72-81-75(78)69-66-63-60-57-54-51-48-27-24-21-18-15-12-9-6-3)83-77(80)71-68-65-62-59-56-53-50-46-29-26-23-20-17-14-11-8-5-2/h9,12,18,21,26-27,29-31,48,54,57,74H,4-8,10-11,13-17,19-20,22-25,28,32-47,49-53,55-56,58-73H2,1-3H3/b12-9-,21-18-,29-26-,31-30-,48-27-,57-54-. The van der Waals surface area contributed by atoms with Gasteiger partial charge in [0, 0.05) is 19.3 Å². The molecule has 0 aromatic rings. The van der Waals surface area contributed by atoms with Crippen LogP contribution in [0.5, 0.6) is 0 Å². The van der Waals surface area contributed by atoms with Crippen LogP contribution in [0.15, 0.2) is 72.9 Å². The Kier molecular flexibility index (Phi) is 68.6. The molecule has 1 atom stereocenters. The SMILES string of the molecule is CC/C=C\C/C=C\C/C=C\C/C=C\CCCCC(=O)OCC(COC(=O)CCCCCCCCCCCCCCCCCCCCCCC/C=C\CCCCCCCCCC)OC(=O)CCCCCCCCC/C=C\CCCCCCCC. The quantitative estimate of drug-likeness (QED) is 0.0261. The van der Waals surface area contributed by atoms with E-state index in [1.807, 2.05) is 0 Å². The monoisotopic (exact) mass is 1160 g/mol. The number of hydrogen-bond acceptors (Lipinski definition) is 6. The van der Waals surface area contributed by atoms with E-state index >= 15 is 0 Å². The summed E-state index contributed by atoms with van der Waals surface area (Å²) in [6.07, 6.45) is 93.9. The lowest BCUT2D eigenvalue weighted by Gasteiger charge is -2.18. The molecule has 0 aliphatic carbocycles. The molecule has 0 rings (SSSR count). The summed E-state index contributed by atoms with van der Waals surface area (Å²) in [5, 5.41) is 0. The van der Waals surface area contributed by atoms with E-state index in [1.165, 1.54) is 257 Å². The van der Waals surface area contributed by atoms with Gasteiger partial charge in [0.2, 0.25) is 0 Å². The number of hydrogen-bond donors (Lipinski definition) is 0. The van der Waals surface area contributed by atoms with Gasteiger partial charge >= 0.3 is 17.9 Å². The second-order valence-corrected chi connectivity index (χ2v) is 24.5. The van der Waals surface area contributed by atoms with Gasteiger partial charge in [-0.3, -0.25) is 14.4 Å². The highest BCUT2D eigenvalue weighted by atomic mass is 16.6. The Morgan fingerprint density at radius 3 is 0.771 bits per heavy atom. The molecule has 83 heavy (non-hydrogen) atoms. The molecule has 1 unspecified atom stereocenters. The lowest BCUT2D eigenvalue weighted by Crippen LogP contribution is -2.30. The highest BCUT2D eigenvalue weighted by molar-refractivity contribution is 5.71. The maximum atomic E-state index is 12.9. The first-order chi connectivity index (χ1) is 41.0. The van der Waals surface area contributed by atoms with Crippen LogP contribution in [0.1, 0.15) is 380 Å². The Bertz CT molecular complexity index is 1520. The minimum absolute atomic E-state index is 0.0871. The van der Waals surface area contributed by atoms with Crippen LogP contribution in [0.2, 0.25) is 0 Å². The van der Waals surface area contributed by atoms with Gasteiger partial charge in [0.25, 0.3) is 0 Å². The molecule has 0 radical (unpaired) electrons. The maximum Gasteiger partial charge on any atom is 0.306 e. The predicted octanol–water partition coefficient (Wildman–Crippen LogP) is 25.2. The van der Waals surface area contributed by atoms with E-state index in [2.05, 4.69) is 93.7 Å². The summed E-state index contributed by atoms with van der Waals surface area (Å²) >= 11 is 0. The highest BCUT2D eigenvalue weighted by Gasteiger charge is 2.19. The lowest BCUT2D eigenvalue weighted by molar-refractivity contribution is -0.167. The lowest BCUT2D eigenvalue weighted by atomic mass is 10.0. The molecule has 0 aromatic heterocycles. The van der Waals surface area contributed by atoms with Crippen LogP contribution in [-0.2, 0) is 28.6 Å². The fourth-order valence-electron chi connectivity index (χ4n) is 10.7. The van der Waals surface area contributed by atoms with E-state index in [1.54, 1.807) is 0 Å². The summed E-state index contributed by atoms with van der Waals surface area (Å²) in [6, 6.07) is 0. The largest absolute Gasteiger partial charge is 0.462 e. The third kappa shape index (κ3) is 69.5. The smallest absolute Gasteiger partial charge is 0.306 e. The summed E-state index contributed by atoms with van der Waals surface area (Å²) in [4.78, 5) is 38.4. The molecule has 0 fully saturated rings. The van der Waals surface area contributed by atoms with Gasteiger partial charge < -0.3 is 14.2 Å². The number of allylic oxidation sites excluding steroid dienone is 12. The van der Waals surface area contributed by atoms with Gasteiger partial charge in [-0.1, -0.05) is 325 Å². The van der Waals surface area contributed by atoms with Crippen molar-refractivity contribution in [3.63, 3.8) is 0 Å². The van der Waals surface area contributed by atoms with E-state index in [0.717, 1.165) is 83.5 Å². The van der Waals surface area contributed by atoms with Crippen molar-refractivity contribution in [2.45, 2.75) is 386 Å². The molecule has 0 spiro atoms. The maximum absolute atomic E-state index is 12.9. The zero-order valence-electron chi connectivity index (χ0n) is 55.5. The van der Waals surface area contributed by atoms with E-state index in [0.29, 0.717) is 19.3 Å². The second-order valence-electron chi connectivity index (χ2n) is 24.5. The summed E-state index contributed by atoms with van der Waals surface area (Å²) in [6.45, 7) is 6.53. The molecular weight excluding hydrogens is 1020 g/mol. The van der Waals surface area contributed by atoms with Crippen LogP contribution in [0, 0.1) is 0 Å². The molecular formula is C77H138O6. The number of carbonyl (C=O) groups excluding carboxylic acids is 3. The van der Waals surface area contributed by atoms with E-state index in [4.69, 9.17) is 14.2 Å². The van der Waals surface area contributed by atoms with E-state index in [9.17, 15) is 14.4 Å². The molecule has 0 amide bonds. The van der Waals surface area contributed by atoms with Gasteiger partial charge in [0.1, 0.15) is 13.2 Å². The molecule has 482 valence electrons. The first-order valence-electron chi connectivity index (χ1n) is 36.4. The third-order valence-electron chi connectivity index (χ3n) is 16.2. The number of rotatable bonds is 67. The fourth-order valence-corrected chi connectivity index (χ4v) is 10.7. The third-order valence-corrected chi connectivity index (χ3v) is 16.2. The normalized spacial score (nSPS) is 12.5. The van der Waals surface area contributed by atoms with Crippen molar-refractivity contribution in [1.29, 1.82) is 0 Å². The molecule has 0 bridgehead atoms. The van der Waals surface area contributed by atoms with Crippen molar-refractivity contribution in [2.75, 3.05) is 13.2 Å². The van der Waals surface area contributed by atoms with Crippen LogP contribution < -0.4 is 0 Å². The molecule has 0 heterocycles.